The maximum Gasteiger partial charge on any atom is 0.396 e. The Balaban J connectivity index is 2.72. The van der Waals surface area contributed by atoms with Crippen LogP contribution in [0.1, 0.15) is 30.0 Å². The third-order valence-electron chi connectivity index (χ3n) is 2.26. The van der Waals surface area contributed by atoms with Gasteiger partial charge in [-0.25, -0.2) is 4.79 Å². The van der Waals surface area contributed by atoms with E-state index in [0.717, 1.165) is 17.1 Å². The number of hydrogen-bond acceptors (Lipinski definition) is 4. The van der Waals surface area contributed by atoms with E-state index in [1.165, 1.54) is 7.11 Å². The molecule has 1 aromatic heterocycles. The summed E-state index contributed by atoms with van der Waals surface area (Å²) in [6.45, 7) is 5.41. The van der Waals surface area contributed by atoms with Crippen LogP contribution in [-0.2, 0) is 14.3 Å². The molecule has 1 heterocycles. The smallest absolute Gasteiger partial charge is 0.396 e. The van der Waals surface area contributed by atoms with Crippen LogP contribution in [0.5, 0.6) is 0 Å². The minimum Gasteiger partial charge on any atom is -0.466 e. The van der Waals surface area contributed by atoms with Gasteiger partial charge in [0.1, 0.15) is 11.5 Å². The van der Waals surface area contributed by atoms with Crippen molar-refractivity contribution in [1.82, 2.24) is 5.32 Å². The molecule has 0 aromatic carbocycles. The molecule has 0 radical (unpaired) electrons. The Morgan fingerprint density at radius 1 is 1.44 bits per heavy atom. The Morgan fingerprint density at radius 2 is 2.06 bits per heavy atom. The predicted molar refractivity (Wildman–Crippen MR) is 56.8 cm³/mol. The second kappa shape index (κ2) is 4.83. The summed E-state index contributed by atoms with van der Waals surface area (Å²) in [6, 6.07) is 1.54. The van der Waals surface area contributed by atoms with E-state index in [1.807, 2.05) is 19.9 Å². The van der Waals surface area contributed by atoms with Crippen molar-refractivity contribution in [3.63, 3.8) is 0 Å². The molecule has 88 valence electrons. The Kier molecular flexibility index (Phi) is 3.71. The van der Waals surface area contributed by atoms with Crippen LogP contribution in [0.3, 0.4) is 0 Å². The molecule has 1 rings (SSSR count). The maximum absolute atomic E-state index is 11.3. The largest absolute Gasteiger partial charge is 0.466 e. The molecule has 1 N–H and O–H groups in total. The number of amides is 1. The Morgan fingerprint density at radius 3 is 2.50 bits per heavy atom. The summed E-state index contributed by atoms with van der Waals surface area (Å²) in [5.41, 5.74) is 0.856. The maximum atomic E-state index is 11.3. The summed E-state index contributed by atoms with van der Waals surface area (Å²) >= 11 is 0. The van der Waals surface area contributed by atoms with Crippen LogP contribution < -0.4 is 5.32 Å². The van der Waals surface area contributed by atoms with Crippen LogP contribution in [0.15, 0.2) is 10.5 Å². The number of ether oxygens (including phenoxy) is 1. The molecule has 16 heavy (non-hydrogen) atoms. The van der Waals surface area contributed by atoms with E-state index >= 15 is 0 Å². The zero-order valence-corrected chi connectivity index (χ0v) is 9.79. The lowest BCUT2D eigenvalue weighted by Gasteiger charge is -2.11. The summed E-state index contributed by atoms with van der Waals surface area (Å²) in [5.74, 6) is -0.153. The fourth-order valence-electron chi connectivity index (χ4n) is 1.51. The monoisotopic (exact) mass is 225 g/mol. The van der Waals surface area contributed by atoms with Crippen molar-refractivity contribution in [2.75, 3.05) is 7.11 Å². The molecule has 5 nitrogen and oxygen atoms in total. The predicted octanol–water partition coefficient (Wildman–Crippen LogP) is 1.25. The van der Waals surface area contributed by atoms with Crippen LogP contribution in [0.2, 0.25) is 0 Å². The SMILES string of the molecule is COC(=O)C(=O)NC(C)c1cc(C)oc1C. The average molecular weight is 225 g/mol. The zero-order chi connectivity index (χ0) is 12.3. The lowest BCUT2D eigenvalue weighted by atomic mass is 10.1. The van der Waals surface area contributed by atoms with Crippen molar-refractivity contribution < 1.29 is 18.7 Å². The van der Waals surface area contributed by atoms with Gasteiger partial charge in [0, 0.05) is 5.56 Å². The van der Waals surface area contributed by atoms with Gasteiger partial charge >= 0.3 is 11.9 Å². The summed E-state index contributed by atoms with van der Waals surface area (Å²) in [6.07, 6.45) is 0. The van der Waals surface area contributed by atoms with Gasteiger partial charge in [0.2, 0.25) is 0 Å². The Bertz CT molecular complexity index is 408. The molecule has 0 fully saturated rings. The minimum atomic E-state index is -0.898. The first-order valence-corrected chi connectivity index (χ1v) is 4.91. The fraction of sp³-hybridized carbons (Fsp3) is 0.455. The molecular weight excluding hydrogens is 210 g/mol. The molecule has 1 atom stereocenters. The highest BCUT2D eigenvalue weighted by atomic mass is 16.5. The quantitative estimate of drug-likeness (QED) is 0.607. The minimum absolute atomic E-state index is 0.288. The van der Waals surface area contributed by atoms with Crippen molar-refractivity contribution in [3.8, 4) is 0 Å². The number of hydrogen-bond donors (Lipinski definition) is 1. The number of nitrogens with one attached hydrogen (secondary N) is 1. The summed E-state index contributed by atoms with van der Waals surface area (Å²) in [4.78, 5) is 22.2. The van der Waals surface area contributed by atoms with E-state index in [0.29, 0.717) is 0 Å². The third kappa shape index (κ3) is 2.62. The van der Waals surface area contributed by atoms with E-state index in [-0.39, 0.29) is 6.04 Å². The van der Waals surface area contributed by atoms with E-state index in [2.05, 4.69) is 10.1 Å². The summed E-state index contributed by atoms with van der Waals surface area (Å²) in [5, 5.41) is 2.53. The highest BCUT2D eigenvalue weighted by molar-refractivity contribution is 6.32. The molecule has 0 spiro atoms. The lowest BCUT2D eigenvalue weighted by Crippen LogP contribution is -2.33. The molecule has 0 aliphatic rings. The molecule has 1 amide bonds. The molecule has 5 heteroatoms. The molecule has 0 aliphatic heterocycles. The van der Waals surface area contributed by atoms with Gasteiger partial charge in [-0.05, 0) is 26.8 Å². The fourth-order valence-corrected chi connectivity index (χ4v) is 1.51. The molecule has 0 bridgehead atoms. The van der Waals surface area contributed by atoms with E-state index in [1.54, 1.807) is 6.92 Å². The molecule has 1 aromatic rings. The van der Waals surface area contributed by atoms with Crippen molar-refractivity contribution in [2.24, 2.45) is 0 Å². The number of methoxy groups -OCH3 is 1. The molecule has 0 aliphatic carbocycles. The van der Waals surface area contributed by atoms with Crippen molar-refractivity contribution >= 4 is 11.9 Å². The van der Waals surface area contributed by atoms with Gasteiger partial charge in [-0.3, -0.25) is 4.79 Å². The van der Waals surface area contributed by atoms with Gasteiger partial charge in [-0.15, -0.1) is 0 Å². The molecule has 0 saturated heterocycles. The highest BCUT2D eigenvalue weighted by Gasteiger charge is 2.19. The van der Waals surface area contributed by atoms with Gasteiger partial charge in [0.05, 0.1) is 13.2 Å². The highest BCUT2D eigenvalue weighted by Crippen LogP contribution is 2.20. The lowest BCUT2D eigenvalue weighted by molar-refractivity contribution is -0.153. The molecular formula is C11H15NO4. The van der Waals surface area contributed by atoms with E-state index in [9.17, 15) is 9.59 Å². The standard InChI is InChI=1S/C11H15NO4/c1-6-5-9(8(3)16-6)7(2)12-10(13)11(14)15-4/h5,7H,1-4H3,(H,12,13). The summed E-state index contributed by atoms with van der Waals surface area (Å²) < 4.78 is 9.65. The van der Waals surface area contributed by atoms with E-state index < -0.39 is 11.9 Å². The van der Waals surface area contributed by atoms with Crippen LogP contribution >= 0.6 is 0 Å². The zero-order valence-electron chi connectivity index (χ0n) is 9.79. The second-order valence-electron chi connectivity index (χ2n) is 3.56. The number of esters is 1. The van der Waals surface area contributed by atoms with Gasteiger partial charge in [0.15, 0.2) is 0 Å². The second-order valence-corrected chi connectivity index (χ2v) is 3.56. The summed E-state index contributed by atoms with van der Waals surface area (Å²) in [7, 11) is 1.17. The first-order valence-electron chi connectivity index (χ1n) is 4.91. The average Bonchev–Trinajstić information content (AvgIpc) is 2.56. The first kappa shape index (κ1) is 12.3. The van der Waals surface area contributed by atoms with Crippen LogP contribution in [-0.4, -0.2) is 19.0 Å². The van der Waals surface area contributed by atoms with Crippen molar-refractivity contribution in [1.29, 1.82) is 0 Å². The van der Waals surface area contributed by atoms with Crippen LogP contribution in [0, 0.1) is 13.8 Å². The van der Waals surface area contributed by atoms with Crippen molar-refractivity contribution in [3.05, 3.63) is 23.2 Å². The van der Waals surface area contributed by atoms with Gasteiger partial charge in [-0.1, -0.05) is 0 Å². The first-order chi connectivity index (χ1) is 7.45. The molecule has 1 unspecified atom stereocenters. The van der Waals surface area contributed by atoms with Crippen molar-refractivity contribution in [2.45, 2.75) is 26.8 Å². The Labute approximate surface area is 93.8 Å². The number of carbonyl (C=O) groups is 2. The van der Waals surface area contributed by atoms with Crippen LogP contribution in [0.25, 0.3) is 0 Å². The van der Waals surface area contributed by atoms with Gasteiger partial charge in [-0.2, -0.15) is 0 Å². The number of aryl methyl sites for hydroxylation is 2. The normalized spacial score (nSPS) is 12.0. The number of furan rings is 1. The topological polar surface area (TPSA) is 68.5 Å². The number of rotatable bonds is 2. The van der Waals surface area contributed by atoms with E-state index in [4.69, 9.17) is 4.42 Å². The number of carbonyl (C=O) groups excluding carboxylic acids is 2. The van der Waals surface area contributed by atoms with Gasteiger partial charge < -0.3 is 14.5 Å². The van der Waals surface area contributed by atoms with Crippen LogP contribution in [0.4, 0.5) is 0 Å². The van der Waals surface area contributed by atoms with Gasteiger partial charge in [0.25, 0.3) is 0 Å². The molecule has 0 saturated carbocycles. The Hall–Kier alpha value is -1.78. The third-order valence-corrected chi connectivity index (χ3v) is 2.26.